The van der Waals surface area contributed by atoms with Gasteiger partial charge < -0.3 is 5.11 Å². The highest BCUT2D eigenvalue weighted by Gasteiger charge is 2.57. The molecule has 0 unspecified atom stereocenters. The molecule has 4 saturated carbocycles. The third-order valence-electron chi connectivity index (χ3n) is 8.42. The minimum Gasteiger partial charge on any atom is -0.393 e. The lowest BCUT2D eigenvalue weighted by Crippen LogP contribution is -2.53. The largest absolute Gasteiger partial charge is 0.393 e. The molecule has 0 aromatic rings. The van der Waals surface area contributed by atoms with E-state index in [2.05, 4.69) is 13.8 Å². The topological polar surface area (TPSA) is 20.2 Å². The van der Waals surface area contributed by atoms with E-state index in [-0.39, 0.29) is 6.10 Å². The molecule has 0 aromatic heterocycles. The van der Waals surface area contributed by atoms with Gasteiger partial charge in [-0.1, -0.05) is 20.3 Å². The molecule has 114 valence electrons. The van der Waals surface area contributed by atoms with Gasteiger partial charge in [-0.15, -0.1) is 0 Å². The first-order valence-electron chi connectivity index (χ1n) is 9.21. The lowest BCUT2D eigenvalue weighted by atomic mass is 9.45. The van der Waals surface area contributed by atoms with Crippen molar-refractivity contribution >= 4 is 0 Å². The van der Waals surface area contributed by atoms with Crippen molar-refractivity contribution in [1.82, 2.24) is 0 Å². The molecule has 1 N–H and O–H groups in total. The highest BCUT2D eigenvalue weighted by atomic mass is 16.3. The van der Waals surface area contributed by atoms with Gasteiger partial charge >= 0.3 is 0 Å². The fourth-order valence-electron chi connectivity index (χ4n) is 7.23. The molecule has 0 heterocycles. The van der Waals surface area contributed by atoms with E-state index in [1.54, 1.807) is 0 Å². The summed E-state index contributed by atoms with van der Waals surface area (Å²) < 4.78 is 0. The Morgan fingerprint density at radius 1 is 0.850 bits per heavy atom. The van der Waals surface area contributed by atoms with E-state index in [1.165, 1.54) is 51.4 Å². The van der Waals surface area contributed by atoms with Gasteiger partial charge in [-0.2, -0.15) is 0 Å². The van der Waals surface area contributed by atoms with Crippen LogP contribution in [0, 0.1) is 34.5 Å². The number of aliphatic hydroxyl groups is 1. The lowest BCUT2D eigenvalue weighted by molar-refractivity contribution is -0.120. The first kappa shape index (κ1) is 13.6. The molecule has 7 atom stereocenters. The van der Waals surface area contributed by atoms with Crippen LogP contribution in [-0.4, -0.2) is 11.2 Å². The fraction of sp³-hybridized carbons (Fsp3) is 1.00. The summed E-state index contributed by atoms with van der Waals surface area (Å²) in [6.07, 6.45) is 13.8. The minimum absolute atomic E-state index is 0.00459. The summed E-state index contributed by atoms with van der Waals surface area (Å²) in [6.45, 7) is 5.19. The number of hydrogen-bond acceptors (Lipinski definition) is 1. The standard InChI is InChI=1S/C19H32O/c1-18-9-3-4-16(18)15-6-5-13-12-14(20)7-11-19(13,2)17(15)8-10-18/h13-17,20H,3-12H2,1-2H3/t13-,14+,15-,16-,17-,18+,19-/m0/s1. The molecule has 1 nitrogen and oxygen atoms in total. The highest BCUT2D eigenvalue weighted by molar-refractivity contribution is 5.07. The summed E-state index contributed by atoms with van der Waals surface area (Å²) >= 11 is 0. The number of fused-ring (bicyclic) bond motifs is 5. The molecule has 4 aliphatic carbocycles. The molecular formula is C19H32O. The smallest absolute Gasteiger partial charge is 0.0543 e. The number of aliphatic hydroxyl groups excluding tert-OH is 1. The molecule has 4 aliphatic rings. The number of hydrogen-bond donors (Lipinski definition) is 1. The van der Waals surface area contributed by atoms with Gasteiger partial charge in [0.1, 0.15) is 0 Å². The van der Waals surface area contributed by atoms with Crippen LogP contribution in [0.15, 0.2) is 0 Å². The molecule has 4 fully saturated rings. The van der Waals surface area contributed by atoms with Crippen molar-refractivity contribution in [1.29, 1.82) is 0 Å². The van der Waals surface area contributed by atoms with E-state index >= 15 is 0 Å². The monoisotopic (exact) mass is 276 g/mol. The third kappa shape index (κ3) is 1.77. The minimum atomic E-state index is 0.00459. The van der Waals surface area contributed by atoms with Crippen LogP contribution in [0.4, 0.5) is 0 Å². The summed E-state index contributed by atoms with van der Waals surface area (Å²) in [5, 5.41) is 10.0. The molecule has 0 spiro atoms. The second-order valence-electron chi connectivity index (χ2n) is 9.17. The van der Waals surface area contributed by atoms with Gasteiger partial charge in [-0.25, -0.2) is 0 Å². The fourth-order valence-corrected chi connectivity index (χ4v) is 7.23. The first-order valence-corrected chi connectivity index (χ1v) is 9.21. The van der Waals surface area contributed by atoms with E-state index < -0.39 is 0 Å². The molecule has 1 heteroatoms. The summed E-state index contributed by atoms with van der Waals surface area (Å²) in [7, 11) is 0. The van der Waals surface area contributed by atoms with Crippen molar-refractivity contribution < 1.29 is 5.11 Å². The quantitative estimate of drug-likeness (QED) is 0.675. The van der Waals surface area contributed by atoms with Gasteiger partial charge in [0.25, 0.3) is 0 Å². The van der Waals surface area contributed by atoms with Crippen LogP contribution in [-0.2, 0) is 0 Å². The van der Waals surface area contributed by atoms with Gasteiger partial charge in [0.05, 0.1) is 6.10 Å². The molecule has 0 radical (unpaired) electrons. The predicted molar refractivity (Wildman–Crippen MR) is 82.4 cm³/mol. The summed E-state index contributed by atoms with van der Waals surface area (Å²) in [4.78, 5) is 0. The van der Waals surface area contributed by atoms with Crippen LogP contribution >= 0.6 is 0 Å². The second kappa shape index (κ2) is 4.48. The van der Waals surface area contributed by atoms with Gasteiger partial charge in [0, 0.05) is 0 Å². The molecule has 0 bridgehead atoms. The molecule has 0 aliphatic heterocycles. The summed E-state index contributed by atoms with van der Waals surface area (Å²) in [5.41, 5.74) is 1.25. The summed E-state index contributed by atoms with van der Waals surface area (Å²) in [6, 6.07) is 0. The third-order valence-corrected chi connectivity index (χ3v) is 8.42. The Morgan fingerprint density at radius 3 is 2.55 bits per heavy atom. The summed E-state index contributed by atoms with van der Waals surface area (Å²) in [5.74, 6) is 3.85. The van der Waals surface area contributed by atoms with Crippen LogP contribution in [0.2, 0.25) is 0 Å². The van der Waals surface area contributed by atoms with Crippen LogP contribution in [0.3, 0.4) is 0 Å². The van der Waals surface area contributed by atoms with Gasteiger partial charge in [-0.05, 0) is 92.3 Å². The Labute approximate surface area is 124 Å². The molecular weight excluding hydrogens is 244 g/mol. The van der Waals surface area contributed by atoms with E-state index in [0.717, 1.165) is 36.5 Å². The van der Waals surface area contributed by atoms with Crippen molar-refractivity contribution in [2.45, 2.75) is 84.2 Å². The average Bonchev–Trinajstić information content (AvgIpc) is 2.81. The normalized spacial score (nSPS) is 58.6. The van der Waals surface area contributed by atoms with E-state index in [0.29, 0.717) is 10.8 Å². The van der Waals surface area contributed by atoms with Crippen molar-refractivity contribution in [3.05, 3.63) is 0 Å². The molecule has 4 rings (SSSR count). The Kier molecular flexibility index (Phi) is 3.05. The first-order chi connectivity index (χ1) is 9.53. The maximum atomic E-state index is 10.0. The van der Waals surface area contributed by atoms with E-state index in [9.17, 15) is 5.11 Å². The second-order valence-corrected chi connectivity index (χ2v) is 9.17. The Hall–Kier alpha value is -0.0400. The van der Waals surface area contributed by atoms with Crippen LogP contribution in [0.25, 0.3) is 0 Å². The van der Waals surface area contributed by atoms with E-state index in [1.807, 2.05) is 0 Å². The van der Waals surface area contributed by atoms with Gasteiger partial charge in [0.15, 0.2) is 0 Å². The van der Waals surface area contributed by atoms with Crippen molar-refractivity contribution in [2.24, 2.45) is 34.5 Å². The zero-order valence-electron chi connectivity index (χ0n) is 13.4. The van der Waals surface area contributed by atoms with Crippen LogP contribution in [0.1, 0.15) is 78.1 Å². The van der Waals surface area contributed by atoms with Crippen LogP contribution < -0.4 is 0 Å². The van der Waals surface area contributed by atoms with Crippen molar-refractivity contribution in [3.8, 4) is 0 Å². The average molecular weight is 276 g/mol. The Balaban J connectivity index is 1.62. The lowest BCUT2D eigenvalue weighted by Gasteiger charge is -2.60. The molecule has 20 heavy (non-hydrogen) atoms. The maximum Gasteiger partial charge on any atom is 0.0543 e. The Bertz CT molecular complexity index is 391. The number of rotatable bonds is 0. The van der Waals surface area contributed by atoms with Crippen molar-refractivity contribution in [2.75, 3.05) is 0 Å². The van der Waals surface area contributed by atoms with Gasteiger partial charge in [0.2, 0.25) is 0 Å². The van der Waals surface area contributed by atoms with Gasteiger partial charge in [-0.3, -0.25) is 0 Å². The Morgan fingerprint density at radius 2 is 1.70 bits per heavy atom. The van der Waals surface area contributed by atoms with Crippen LogP contribution in [0.5, 0.6) is 0 Å². The zero-order valence-corrected chi connectivity index (χ0v) is 13.4. The molecule has 0 saturated heterocycles. The van der Waals surface area contributed by atoms with E-state index in [4.69, 9.17) is 0 Å². The molecule has 0 aromatic carbocycles. The SMILES string of the molecule is C[C@]12CCC[C@H]1[C@@H]1CC[C@H]3C[C@H](O)CC[C@]3(C)[C@H]1CC2. The predicted octanol–water partition coefficient (Wildman–Crippen LogP) is 4.78. The highest BCUT2D eigenvalue weighted by Crippen LogP contribution is 2.66. The maximum absolute atomic E-state index is 10.0. The molecule has 0 amide bonds. The van der Waals surface area contributed by atoms with Crippen molar-refractivity contribution in [3.63, 3.8) is 0 Å². The zero-order chi connectivity index (χ0) is 14.0.